The number of nitrogens with one attached hydrogen (secondary N) is 2. The Bertz CT molecular complexity index is 1370. The predicted molar refractivity (Wildman–Crippen MR) is 144 cm³/mol. The summed E-state index contributed by atoms with van der Waals surface area (Å²) in [6, 6.07) is 4.72. The number of benzene rings is 1. The molecule has 0 unspecified atom stereocenters. The van der Waals surface area contributed by atoms with Crippen molar-refractivity contribution in [2.75, 3.05) is 0 Å². The number of alkyl halides is 5. The summed E-state index contributed by atoms with van der Waals surface area (Å²) in [7, 11) is 0. The van der Waals surface area contributed by atoms with Gasteiger partial charge in [-0.1, -0.05) is 19.9 Å². The van der Waals surface area contributed by atoms with Gasteiger partial charge < -0.3 is 16.0 Å². The second-order valence-corrected chi connectivity index (χ2v) is 11.8. The van der Waals surface area contributed by atoms with Crippen molar-refractivity contribution in [3.8, 4) is 0 Å². The monoisotopic (exact) mass is 584 g/mol. The molecule has 0 saturated heterocycles. The molecule has 6 nitrogen and oxygen atoms in total. The number of hydrogen-bond donors (Lipinski definition) is 3. The second kappa shape index (κ2) is 11.5. The van der Waals surface area contributed by atoms with Crippen molar-refractivity contribution < 1.29 is 31.5 Å². The second-order valence-electron chi connectivity index (χ2n) is 10.9. The van der Waals surface area contributed by atoms with Crippen molar-refractivity contribution in [2.45, 2.75) is 89.3 Å². The highest BCUT2D eigenvalue weighted by Crippen LogP contribution is 2.47. The number of carbonyl (C=O) groups is 2. The number of H-pyrrole nitrogens is 1. The number of halogens is 5. The van der Waals surface area contributed by atoms with Crippen LogP contribution >= 0.6 is 11.3 Å². The molecule has 12 heteroatoms. The maximum absolute atomic E-state index is 14.1. The molecule has 1 saturated carbocycles. The Balaban J connectivity index is 1.68. The van der Waals surface area contributed by atoms with Crippen LogP contribution < -0.4 is 11.1 Å². The van der Waals surface area contributed by atoms with Crippen molar-refractivity contribution in [2.24, 2.45) is 11.7 Å². The van der Waals surface area contributed by atoms with Gasteiger partial charge in [-0.2, -0.15) is 13.2 Å². The smallest absolute Gasteiger partial charge is 0.365 e. The number of fused-ring (bicyclic) bond motifs is 1. The largest absolute Gasteiger partial charge is 0.389 e. The van der Waals surface area contributed by atoms with Gasteiger partial charge in [0, 0.05) is 25.2 Å². The van der Waals surface area contributed by atoms with Gasteiger partial charge in [-0.25, -0.2) is 13.8 Å². The van der Waals surface area contributed by atoms with Crippen LogP contribution in [-0.4, -0.2) is 33.9 Å². The molecule has 0 spiro atoms. The van der Waals surface area contributed by atoms with E-state index in [9.17, 15) is 31.5 Å². The summed E-state index contributed by atoms with van der Waals surface area (Å²) in [6.07, 6.45) is -6.13. The molecular formula is C28H33F5N4O2S. The Kier molecular flexibility index (Phi) is 8.58. The molecule has 0 bridgehead atoms. The van der Waals surface area contributed by atoms with Gasteiger partial charge in [0.05, 0.1) is 28.4 Å². The van der Waals surface area contributed by atoms with Gasteiger partial charge in [-0.15, -0.1) is 11.3 Å². The highest BCUT2D eigenvalue weighted by atomic mass is 32.1. The summed E-state index contributed by atoms with van der Waals surface area (Å²) >= 11 is 1.25. The van der Waals surface area contributed by atoms with Gasteiger partial charge in [0.1, 0.15) is 5.82 Å². The van der Waals surface area contributed by atoms with E-state index in [1.165, 1.54) is 11.3 Å². The molecule has 2 atom stereocenters. The lowest BCUT2D eigenvalue weighted by Gasteiger charge is -2.33. The summed E-state index contributed by atoms with van der Waals surface area (Å²) in [5.74, 6) is -3.90. The molecule has 218 valence electrons. The number of nitrogens with zero attached hydrogens (tertiary/aromatic N) is 1. The van der Waals surface area contributed by atoms with E-state index in [0.717, 1.165) is 11.1 Å². The zero-order valence-electron chi connectivity index (χ0n) is 22.5. The summed E-state index contributed by atoms with van der Waals surface area (Å²) in [5, 5.41) is 4.47. The van der Waals surface area contributed by atoms with Crippen molar-refractivity contribution in [1.82, 2.24) is 15.3 Å². The Hall–Kier alpha value is -3.02. The molecule has 0 aliphatic heterocycles. The molecule has 40 heavy (non-hydrogen) atoms. The van der Waals surface area contributed by atoms with Crippen molar-refractivity contribution in [3.63, 3.8) is 0 Å². The number of amides is 2. The molecule has 2 aromatic heterocycles. The molecule has 1 aromatic carbocycles. The fraction of sp³-hybridized carbons (Fsp3) is 0.536. The molecule has 0 radical (unpaired) electrons. The van der Waals surface area contributed by atoms with E-state index < -0.39 is 42.8 Å². The van der Waals surface area contributed by atoms with Crippen molar-refractivity contribution in [1.29, 1.82) is 0 Å². The van der Waals surface area contributed by atoms with Crippen LogP contribution in [0.2, 0.25) is 0 Å². The number of thiophene rings is 1. The van der Waals surface area contributed by atoms with Crippen LogP contribution in [0.1, 0.15) is 109 Å². The zero-order valence-corrected chi connectivity index (χ0v) is 23.3. The van der Waals surface area contributed by atoms with Gasteiger partial charge in [0.2, 0.25) is 11.8 Å². The van der Waals surface area contributed by atoms with E-state index in [4.69, 9.17) is 10.7 Å². The van der Waals surface area contributed by atoms with Gasteiger partial charge in [-0.3, -0.25) is 9.59 Å². The van der Waals surface area contributed by atoms with E-state index in [-0.39, 0.29) is 30.6 Å². The summed E-state index contributed by atoms with van der Waals surface area (Å²) in [4.78, 5) is 32.8. The first-order valence-electron chi connectivity index (χ1n) is 13.3. The lowest BCUT2D eigenvalue weighted by Crippen LogP contribution is -2.29. The first-order chi connectivity index (χ1) is 18.6. The molecule has 1 fully saturated rings. The van der Waals surface area contributed by atoms with Gasteiger partial charge in [0.25, 0.3) is 5.91 Å². The molecule has 1 aliphatic rings. The number of carbonyl (C=O) groups excluding carboxylic acids is 2. The quantitative estimate of drug-likeness (QED) is 0.230. The van der Waals surface area contributed by atoms with Crippen LogP contribution in [-0.2, 0) is 4.79 Å². The lowest BCUT2D eigenvalue weighted by molar-refractivity contribution is -0.144. The van der Waals surface area contributed by atoms with E-state index in [2.05, 4.69) is 10.3 Å². The molecule has 2 heterocycles. The van der Waals surface area contributed by atoms with Crippen molar-refractivity contribution >= 4 is 34.2 Å². The number of primary amides is 1. The van der Waals surface area contributed by atoms with Crippen LogP contribution in [0, 0.1) is 5.92 Å². The first kappa shape index (κ1) is 30.0. The minimum Gasteiger partial charge on any atom is -0.365 e. The van der Waals surface area contributed by atoms with Crippen LogP contribution in [0.4, 0.5) is 22.0 Å². The fourth-order valence-corrected chi connectivity index (χ4v) is 6.66. The molecule has 1 aliphatic carbocycles. The van der Waals surface area contributed by atoms with Crippen molar-refractivity contribution in [3.05, 3.63) is 51.0 Å². The van der Waals surface area contributed by atoms with Gasteiger partial charge in [-0.05, 0) is 65.8 Å². The maximum Gasteiger partial charge on any atom is 0.389 e. The minimum atomic E-state index is -4.41. The predicted octanol–water partition coefficient (Wildman–Crippen LogP) is 7.32. The van der Waals surface area contributed by atoms with E-state index in [1.807, 2.05) is 19.2 Å². The minimum absolute atomic E-state index is 0.0333. The normalized spacial score (nSPS) is 17.7. The van der Waals surface area contributed by atoms with E-state index in [1.54, 1.807) is 25.1 Å². The molecule has 4 N–H and O–H groups in total. The number of imidazole rings is 1. The third-order valence-electron chi connectivity index (χ3n) is 7.56. The summed E-state index contributed by atoms with van der Waals surface area (Å²) in [6.45, 7) is 5.60. The summed E-state index contributed by atoms with van der Waals surface area (Å²) < 4.78 is 65.6. The van der Waals surface area contributed by atoms with Gasteiger partial charge in [0.15, 0.2) is 0 Å². The highest BCUT2D eigenvalue weighted by molar-refractivity contribution is 7.12. The number of aromatic nitrogens is 2. The molecular weight excluding hydrogens is 551 g/mol. The highest BCUT2D eigenvalue weighted by Gasteiger charge is 2.41. The molecule has 3 aromatic rings. The average molecular weight is 585 g/mol. The third-order valence-corrected chi connectivity index (χ3v) is 8.59. The average Bonchev–Trinajstić information content (AvgIpc) is 3.48. The standard InChI is InChI=1S/C28H33F5N4O2S/c1-14(2)22-18(13-40-24(22)25(34)39)23(16-6-9-27(29,30)10-7-16)26-36-19-5-4-17(12-20(19)37-26)15(3)35-21(38)8-11-28(31,32)33/h4-5,12-16,23H,6-11H2,1-3H3,(H2,34,39)(H,35,38)(H,36,37)/t15-,23+/m1/s1. The maximum atomic E-state index is 14.1. The van der Waals surface area contributed by atoms with E-state index >= 15 is 0 Å². The number of aromatic amines is 1. The molecule has 2 amide bonds. The third kappa shape index (κ3) is 6.82. The lowest BCUT2D eigenvalue weighted by atomic mass is 9.74. The van der Waals surface area contributed by atoms with Crippen LogP contribution in [0.25, 0.3) is 11.0 Å². The zero-order chi connectivity index (χ0) is 29.4. The topological polar surface area (TPSA) is 101 Å². The molecule has 4 rings (SSSR count). The Morgan fingerprint density at radius 2 is 1.88 bits per heavy atom. The Labute approximate surface area is 232 Å². The SMILES string of the molecule is CC(C)c1c([C@@H](c2nc3ccc([C@@H](C)NC(=O)CCC(F)(F)F)cc3[nH]2)C2CCC(F)(F)CC2)csc1C(N)=O. The number of rotatable bonds is 9. The van der Waals surface area contributed by atoms with E-state index in [0.29, 0.717) is 40.1 Å². The number of nitrogens with two attached hydrogens (primary N) is 1. The Morgan fingerprint density at radius 3 is 2.48 bits per heavy atom. The van der Waals surface area contributed by atoms with Gasteiger partial charge >= 0.3 is 6.18 Å². The van der Waals surface area contributed by atoms with Crippen LogP contribution in [0.3, 0.4) is 0 Å². The van der Waals surface area contributed by atoms with Crippen LogP contribution in [0.15, 0.2) is 23.6 Å². The number of hydrogen-bond acceptors (Lipinski definition) is 4. The Morgan fingerprint density at radius 1 is 1.20 bits per heavy atom. The van der Waals surface area contributed by atoms with Crippen LogP contribution in [0.5, 0.6) is 0 Å². The fourth-order valence-electron chi connectivity index (χ4n) is 5.54. The summed E-state index contributed by atoms with van der Waals surface area (Å²) in [5.41, 5.74) is 9.26. The first-order valence-corrected chi connectivity index (χ1v) is 14.2.